The maximum absolute atomic E-state index is 5.76. The van der Waals surface area contributed by atoms with Gasteiger partial charge in [0.15, 0.2) is 0 Å². The summed E-state index contributed by atoms with van der Waals surface area (Å²) in [4.78, 5) is 9.24. The molecule has 0 N–H and O–H groups in total. The van der Waals surface area contributed by atoms with Crippen LogP contribution in [-0.2, 0) is 0 Å². The number of halogens is 1. The van der Waals surface area contributed by atoms with E-state index in [1.165, 1.54) is 0 Å². The van der Waals surface area contributed by atoms with Crippen molar-refractivity contribution in [2.45, 2.75) is 11.8 Å². The molecule has 0 amide bonds. The quantitative estimate of drug-likeness (QED) is 0.623. The molecule has 0 fully saturated rings. The lowest BCUT2D eigenvalue weighted by atomic mass is 10.4. The van der Waals surface area contributed by atoms with Crippen LogP contribution in [0.25, 0.3) is 0 Å². The van der Waals surface area contributed by atoms with Crippen molar-refractivity contribution in [3.63, 3.8) is 0 Å². The van der Waals surface area contributed by atoms with E-state index < -0.39 is 0 Å². The predicted octanol–water partition coefficient (Wildman–Crippen LogP) is 3.66. The van der Waals surface area contributed by atoms with Gasteiger partial charge in [0.1, 0.15) is 5.15 Å². The van der Waals surface area contributed by atoms with Crippen LogP contribution in [0.1, 0.15) is 6.92 Å². The molecule has 3 nitrogen and oxygen atoms in total. The maximum atomic E-state index is 5.76. The lowest BCUT2D eigenvalue weighted by molar-refractivity contribution is 1.09. The first-order valence-electron chi connectivity index (χ1n) is 5.26. The maximum Gasteiger partial charge on any atom is 0.129 e. The summed E-state index contributed by atoms with van der Waals surface area (Å²) in [5.41, 5.74) is 1.08. The molecular formula is C12H12ClN3S. The minimum atomic E-state index is 0.513. The summed E-state index contributed by atoms with van der Waals surface area (Å²) < 4.78 is 2.15. The SMILES string of the molecule is CCN(Sc1ccc(Cl)nc1)c1cccnc1. The van der Waals surface area contributed by atoms with Gasteiger partial charge in [0.2, 0.25) is 0 Å². The first-order chi connectivity index (χ1) is 8.29. The molecule has 2 aromatic rings. The van der Waals surface area contributed by atoms with Crippen LogP contribution in [0, 0.1) is 0 Å². The summed E-state index contributed by atoms with van der Waals surface area (Å²) in [6.07, 6.45) is 5.39. The topological polar surface area (TPSA) is 29.0 Å². The summed E-state index contributed by atoms with van der Waals surface area (Å²) >= 11 is 7.38. The second-order valence-electron chi connectivity index (χ2n) is 3.31. The molecule has 0 aliphatic carbocycles. The fraction of sp³-hybridized carbons (Fsp3) is 0.167. The van der Waals surface area contributed by atoms with E-state index in [9.17, 15) is 0 Å². The van der Waals surface area contributed by atoms with Crippen LogP contribution in [0.4, 0.5) is 5.69 Å². The van der Waals surface area contributed by atoms with E-state index in [1.807, 2.05) is 24.4 Å². The van der Waals surface area contributed by atoms with Crippen LogP contribution >= 0.6 is 23.5 Å². The van der Waals surface area contributed by atoms with E-state index in [1.54, 1.807) is 30.4 Å². The first kappa shape index (κ1) is 12.2. The molecule has 0 atom stereocenters. The highest BCUT2D eigenvalue weighted by atomic mass is 35.5. The molecular weight excluding hydrogens is 254 g/mol. The van der Waals surface area contributed by atoms with Gasteiger partial charge in [0, 0.05) is 23.8 Å². The van der Waals surface area contributed by atoms with Gasteiger partial charge >= 0.3 is 0 Å². The van der Waals surface area contributed by atoms with E-state index in [4.69, 9.17) is 11.6 Å². The molecule has 0 saturated carbocycles. The summed E-state index contributed by atoms with van der Waals surface area (Å²) in [5.74, 6) is 0. The van der Waals surface area contributed by atoms with E-state index in [0.717, 1.165) is 17.1 Å². The Kier molecular flexibility index (Phi) is 4.23. The Morgan fingerprint density at radius 1 is 1.29 bits per heavy atom. The van der Waals surface area contributed by atoms with Crippen LogP contribution in [0.3, 0.4) is 0 Å². The Labute approximate surface area is 110 Å². The summed E-state index contributed by atoms with van der Waals surface area (Å²) in [5, 5.41) is 0.513. The summed E-state index contributed by atoms with van der Waals surface area (Å²) in [6, 6.07) is 7.71. The number of hydrogen-bond acceptors (Lipinski definition) is 4. The number of hydrogen-bond donors (Lipinski definition) is 0. The third kappa shape index (κ3) is 3.35. The number of nitrogens with zero attached hydrogens (tertiary/aromatic N) is 3. The molecule has 0 spiro atoms. The lowest BCUT2D eigenvalue weighted by Crippen LogP contribution is -2.13. The van der Waals surface area contributed by atoms with Crippen LogP contribution < -0.4 is 4.31 Å². The largest absolute Gasteiger partial charge is 0.311 e. The van der Waals surface area contributed by atoms with Gasteiger partial charge in [-0.15, -0.1) is 0 Å². The van der Waals surface area contributed by atoms with Crippen molar-refractivity contribution in [1.29, 1.82) is 0 Å². The molecule has 2 rings (SSSR count). The third-order valence-corrected chi connectivity index (χ3v) is 3.50. The van der Waals surface area contributed by atoms with Gasteiger partial charge in [0.05, 0.1) is 11.9 Å². The zero-order chi connectivity index (χ0) is 12.1. The van der Waals surface area contributed by atoms with E-state index in [2.05, 4.69) is 21.2 Å². The highest BCUT2D eigenvalue weighted by Crippen LogP contribution is 2.27. The van der Waals surface area contributed by atoms with Crippen molar-refractivity contribution in [3.05, 3.63) is 48.0 Å². The number of rotatable bonds is 4. The van der Waals surface area contributed by atoms with Gasteiger partial charge in [-0.25, -0.2) is 4.98 Å². The summed E-state index contributed by atoms with van der Waals surface area (Å²) in [7, 11) is 0. The monoisotopic (exact) mass is 265 g/mol. The molecule has 17 heavy (non-hydrogen) atoms. The van der Waals surface area contributed by atoms with Crippen molar-refractivity contribution in [2.75, 3.05) is 10.8 Å². The number of aromatic nitrogens is 2. The zero-order valence-corrected chi connectivity index (χ0v) is 10.9. The van der Waals surface area contributed by atoms with Crippen LogP contribution in [0.2, 0.25) is 5.15 Å². The highest BCUT2D eigenvalue weighted by Gasteiger charge is 2.06. The standard InChI is InChI=1S/C12H12ClN3S/c1-2-16(10-4-3-7-14-8-10)17-11-5-6-12(13)15-9-11/h3-9H,2H2,1H3. The van der Waals surface area contributed by atoms with Crippen molar-refractivity contribution in [3.8, 4) is 0 Å². The molecule has 0 radical (unpaired) electrons. The van der Waals surface area contributed by atoms with E-state index >= 15 is 0 Å². The molecule has 0 bridgehead atoms. The van der Waals surface area contributed by atoms with Crippen molar-refractivity contribution in [2.24, 2.45) is 0 Å². The minimum Gasteiger partial charge on any atom is -0.311 e. The number of anilines is 1. The van der Waals surface area contributed by atoms with Gasteiger partial charge in [-0.3, -0.25) is 4.98 Å². The molecule has 5 heteroatoms. The molecule has 2 aromatic heterocycles. The molecule has 2 heterocycles. The Balaban J connectivity index is 2.13. The van der Waals surface area contributed by atoms with Crippen molar-refractivity contribution < 1.29 is 0 Å². The third-order valence-electron chi connectivity index (χ3n) is 2.14. The van der Waals surface area contributed by atoms with Gasteiger partial charge in [-0.05, 0) is 43.1 Å². The fourth-order valence-electron chi connectivity index (χ4n) is 1.34. The Morgan fingerprint density at radius 3 is 2.76 bits per heavy atom. The van der Waals surface area contributed by atoms with Crippen molar-refractivity contribution >= 4 is 29.2 Å². The van der Waals surface area contributed by atoms with Gasteiger partial charge in [-0.2, -0.15) is 0 Å². The van der Waals surface area contributed by atoms with E-state index in [-0.39, 0.29) is 0 Å². The molecule has 0 unspecified atom stereocenters. The molecule has 0 aromatic carbocycles. The highest BCUT2D eigenvalue weighted by molar-refractivity contribution is 8.00. The van der Waals surface area contributed by atoms with Gasteiger partial charge in [-0.1, -0.05) is 11.6 Å². The Morgan fingerprint density at radius 2 is 2.18 bits per heavy atom. The second kappa shape index (κ2) is 5.89. The smallest absolute Gasteiger partial charge is 0.129 e. The average Bonchev–Trinajstić information content (AvgIpc) is 2.39. The van der Waals surface area contributed by atoms with Crippen LogP contribution in [-0.4, -0.2) is 16.5 Å². The number of pyridine rings is 2. The summed E-state index contributed by atoms with van der Waals surface area (Å²) in [6.45, 7) is 2.99. The zero-order valence-electron chi connectivity index (χ0n) is 9.38. The molecule has 0 aliphatic rings. The van der Waals surface area contributed by atoms with E-state index in [0.29, 0.717) is 5.15 Å². The van der Waals surface area contributed by atoms with Crippen molar-refractivity contribution in [1.82, 2.24) is 9.97 Å². The lowest BCUT2D eigenvalue weighted by Gasteiger charge is -2.20. The normalized spacial score (nSPS) is 10.2. The minimum absolute atomic E-state index is 0.513. The molecule has 0 saturated heterocycles. The fourth-order valence-corrected chi connectivity index (χ4v) is 2.28. The predicted molar refractivity (Wildman–Crippen MR) is 72.4 cm³/mol. The van der Waals surface area contributed by atoms with Crippen LogP contribution in [0.15, 0.2) is 47.8 Å². The van der Waals surface area contributed by atoms with Crippen LogP contribution in [0.5, 0.6) is 0 Å². The second-order valence-corrected chi connectivity index (χ2v) is 4.80. The molecule has 0 aliphatic heterocycles. The Bertz CT molecular complexity index is 461. The van der Waals surface area contributed by atoms with Gasteiger partial charge in [0.25, 0.3) is 0 Å². The Hall–Kier alpha value is -1.26. The average molecular weight is 266 g/mol. The van der Waals surface area contributed by atoms with Gasteiger partial charge < -0.3 is 4.31 Å². The molecule has 88 valence electrons. The first-order valence-corrected chi connectivity index (χ1v) is 6.42.